The third-order valence-electron chi connectivity index (χ3n) is 5.41. The van der Waals surface area contributed by atoms with Crippen molar-refractivity contribution in [3.8, 4) is 0 Å². The van der Waals surface area contributed by atoms with E-state index in [9.17, 15) is 4.79 Å². The predicted molar refractivity (Wildman–Crippen MR) is 120 cm³/mol. The average molecular weight is 427 g/mol. The van der Waals surface area contributed by atoms with Crippen molar-refractivity contribution in [3.63, 3.8) is 0 Å². The molecule has 0 radical (unpaired) electrons. The summed E-state index contributed by atoms with van der Waals surface area (Å²) in [5.41, 5.74) is 2.66. The van der Waals surface area contributed by atoms with Crippen molar-refractivity contribution >= 4 is 39.0 Å². The first kappa shape index (κ1) is 20.7. The number of carbonyl (C=O) groups is 1. The molecule has 0 bridgehead atoms. The van der Waals surface area contributed by atoms with E-state index in [1.165, 1.54) is 15.3 Å². The molecule has 1 aromatic carbocycles. The van der Waals surface area contributed by atoms with Gasteiger partial charge in [0.15, 0.2) is 5.82 Å². The van der Waals surface area contributed by atoms with Crippen LogP contribution in [0.3, 0.4) is 0 Å². The smallest absolute Gasteiger partial charge is 0.251 e. The predicted octanol–water partition coefficient (Wildman–Crippen LogP) is 2.22. The maximum atomic E-state index is 12.2. The Labute approximate surface area is 180 Å². The van der Waals surface area contributed by atoms with E-state index in [0.717, 1.165) is 60.4 Å². The highest BCUT2D eigenvalue weighted by Gasteiger charge is 2.20. The third kappa shape index (κ3) is 4.45. The van der Waals surface area contributed by atoms with E-state index in [0.29, 0.717) is 12.1 Å². The lowest BCUT2D eigenvalue weighted by molar-refractivity contribution is -0.922. The van der Waals surface area contributed by atoms with E-state index < -0.39 is 0 Å². The van der Waals surface area contributed by atoms with Gasteiger partial charge in [0.2, 0.25) is 0 Å². The molecule has 7 nitrogen and oxygen atoms in total. The Hall–Kier alpha value is -2.55. The Morgan fingerprint density at radius 2 is 2.03 bits per heavy atom. The number of fused-ring (bicyclic) bond motifs is 1. The molecule has 1 amide bonds. The molecule has 2 aromatic heterocycles. The fourth-order valence-corrected chi connectivity index (χ4v) is 4.71. The van der Waals surface area contributed by atoms with Gasteiger partial charge in [-0.25, -0.2) is 9.97 Å². The van der Waals surface area contributed by atoms with Crippen molar-refractivity contribution in [1.82, 2.24) is 15.3 Å². The number of aryl methyl sites for hydroxylation is 2. The van der Waals surface area contributed by atoms with Gasteiger partial charge in [-0.1, -0.05) is 6.07 Å². The maximum absolute atomic E-state index is 12.2. The van der Waals surface area contributed by atoms with Gasteiger partial charge in [0.1, 0.15) is 30.3 Å². The Bertz CT molecular complexity index is 1060. The van der Waals surface area contributed by atoms with Gasteiger partial charge in [0.05, 0.1) is 18.6 Å². The van der Waals surface area contributed by atoms with Crippen LogP contribution < -0.4 is 15.5 Å². The number of aromatic nitrogens is 2. The molecule has 1 aliphatic heterocycles. The highest BCUT2D eigenvalue weighted by Crippen LogP contribution is 2.34. The summed E-state index contributed by atoms with van der Waals surface area (Å²) in [5, 5.41) is 7.36. The molecule has 3 heterocycles. The van der Waals surface area contributed by atoms with E-state index in [1.807, 2.05) is 31.2 Å². The molecule has 1 saturated heterocycles. The monoisotopic (exact) mass is 426 g/mol. The summed E-state index contributed by atoms with van der Waals surface area (Å²) in [6.07, 6.45) is 0. The first-order valence-corrected chi connectivity index (χ1v) is 11.2. The summed E-state index contributed by atoms with van der Waals surface area (Å²) in [6, 6.07) is 7.52. The molecule has 3 aromatic rings. The minimum atomic E-state index is -0.0758. The van der Waals surface area contributed by atoms with Crippen molar-refractivity contribution in [2.75, 3.05) is 38.2 Å². The second-order valence-electron chi connectivity index (χ2n) is 7.56. The number of benzene rings is 1. The number of rotatable bonds is 6. The molecule has 3 N–H and O–H groups in total. The van der Waals surface area contributed by atoms with Gasteiger partial charge in [0, 0.05) is 22.7 Å². The van der Waals surface area contributed by atoms with Crippen LogP contribution in [-0.4, -0.2) is 48.7 Å². The summed E-state index contributed by atoms with van der Waals surface area (Å²) >= 11 is 1.71. The molecule has 4 rings (SSSR count). The number of nitrogens with one attached hydrogen (secondary N) is 3. The number of anilines is 2. The van der Waals surface area contributed by atoms with E-state index in [1.54, 1.807) is 11.3 Å². The average Bonchev–Trinajstić information content (AvgIpc) is 3.03. The number of hydrogen-bond donors (Lipinski definition) is 3. The molecule has 158 valence electrons. The SMILES string of the molecule is CCNC(=O)c1cccc(Nc2nc(C[NH+]3CCOCC3)nc3sc(C)c(C)c23)c1. The highest BCUT2D eigenvalue weighted by atomic mass is 32.1. The second kappa shape index (κ2) is 9.07. The number of ether oxygens (including phenoxy) is 1. The molecule has 0 aliphatic carbocycles. The Morgan fingerprint density at radius 1 is 1.23 bits per heavy atom. The number of nitrogens with zero attached hydrogens (tertiary/aromatic N) is 2. The lowest BCUT2D eigenvalue weighted by atomic mass is 10.1. The van der Waals surface area contributed by atoms with Crippen LogP contribution >= 0.6 is 11.3 Å². The molecular weight excluding hydrogens is 398 g/mol. The summed E-state index contributed by atoms with van der Waals surface area (Å²) in [5.74, 6) is 1.56. The second-order valence-corrected chi connectivity index (χ2v) is 8.76. The fraction of sp³-hybridized carbons (Fsp3) is 0.409. The van der Waals surface area contributed by atoms with Crippen LogP contribution in [0.2, 0.25) is 0 Å². The summed E-state index contributed by atoms with van der Waals surface area (Å²) in [6.45, 7) is 11.0. The quantitative estimate of drug-likeness (QED) is 0.563. The van der Waals surface area contributed by atoms with Crippen LogP contribution in [0.4, 0.5) is 11.5 Å². The highest BCUT2D eigenvalue weighted by molar-refractivity contribution is 7.18. The largest absolute Gasteiger partial charge is 0.370 e. The topological polar surface area (TPSA) is 80.6 Å². The Morgan fingerprint density at radius 3 is 2.80 bits per heavy atom. The first-order valence-electron chi connectivity index (χ1n) is 10.4. The lowest BCUT2D eigenvalue weighted by Gasteiger charge is -2.23. The molecule has 30 heavy (non-hydrogen) atoms. The standard InChI is InChI=1S/C22H27N5O2S/c1-4-23-21(28)16-6-5-7-17(12-16)24-20-19-14(2)15(3)30-22(19)26-18(25-20)13-27-8-10-29-11-9-27/h5-7,12H,4,8-11,13H2,1-3H3,(H,23,28)(H,24,25,26)/p+1. The number of amides is 1. The fourth-order valence-electron chi connectivity index (χ4n) is 3.66. The summed E-state index contributed by atoms with van der Waals surface area (Å²) in [4.78, 5) is 25.7. The van der Waals surface area contributed by atoms with Gasteiger partial charge in [0.25, 0.3) is 5.91 Å². The minimum Gasteiger partial charge on any atom is -0.370 e. The lowest BCUT2D eigenvalue weighted by Crippen LogP contribution is -3.12. The Balaban J connectivity index is 1.68. The van der Waals surface area contributed by atoms with Gasteiger partial charge in [-0.15, -0.1) is 11.3 Å². The van der Waals surface area contributed by atoms with E-state index in [2.05, 4.69) is 24.5 Å². The van der Waals surface area contributed by atoms with Crippen LogP contribution in [0.25, 0.3) is 10.2 Å². The number of morpholine rings is 1. The van der Waals surface area contributed by atoms with Crippen molar-refractivity contribution in [1.29, 1.82) is 0 Å². The molecule has 0 unspecified atom stereocenters. The number of carbonyl (C=O) groups excluding carboxylic acids is 1. The van der Waals surface area contributed by atoms with Gasteiger partial charge >= 0.3 is 0 Å². The number of thiophene rings is 1. The minimum absolute atomic E-state index is 0.0758. The normalized spacial score (nSPS) is 14.8. The van der Waals surface area contributed by atoms with Crippen molar-refractivity contribution in [2.45, 2.75) is 27.3 Å². The summed E-state index contributed by atoms with van der Waals surface area (Å²) in [7, 11) is 0. The van der Waals surface area contributed by atoms with Crippen LogP contribution in [0.5, 0.6) is 0 Å². The van der Waals surface area contributed by atoms with Crippen molar-refractivity contribution < 1.29 is 14.4 Å². The Kier molecular flexibility index (Phi) is 6.26. The van der Waals surface area contributed by atoms with Gasteiger partial charge in [-0.2, -0.15) is 0 Å². The van der Waals surface area contributed by atoms with Crippen LogP contribution in [0.15, 0.2) is 24.3 Å². The van der Waals surface area contributed by atoms with Gasteiger partial charge in [-0.05, 0) is 44.5 Å². The zero-order chi connectivity index (χ0) is 21.1. The van der Waals surface area contributed by atoms with Gasteiger partial charge < -0.3 is 20.3 Å². The molecule has 1 fully saturated rings. The van der Waals surface area contributed by atoms with Crippen molar-refractivity contribution in [2.24, 2.45) is 0 Å². The van der Waals surface area contributed by atoms with E-state index in [-0.39, 0.29) is 5.91 Å². The molecule has 8 heteroatoms. The number of hydrogen-bond acceptors (Lipinski definition) is 6. The number of quaternary nitrogens is 1. The maximum Gasteiger partial charge on any atom is 0.251 e. The summed E-state index contributed by atoms with van der Waals surface area (Å²) < 4.78 is 5.47. The molecule has 0 saturated carbocycles. The zero-order valence-corrected chi connectivity index (χ0v) is 18.5. The van der Waals surface area contributed by atoms with Crippen molar-refractivity contribution in [3.05, 3.63) is 46.1 Å². The zero-order valence-electron chi connectivity index (χ0n) is 17.7. The molecular formula is C22H28N5O2S+. The van der Waals surface area contributed by atoms with Crippen LogP contribution in [0.1, 0.15) is 33.5 Å². The van der Waals surface area contributed by atoms with Crippen LogP contribution in [0, 0.1) is 13.8 Å². The molecule has 0 atom stereocenters. The van der Waals surface area contributed by atoms with E-state index in [4.69, 9.17) is 14.7 Å². The molecule has 0 spiro atoms. The first-order chi connectivity index (χ1) is 14.5. The molecule has 1 aliphatic rings. The third-order valence-corrected chi connectivity index (χ3v) is 6.51. The van der Waals surface area contributed by atoms with Gasteiger partial charge in [-0.3, -0.25) is 4.79 Å². The van der Waals surface area contributed by atoms with E-state index >= 15 is 0 Å². The van der Waals surface area contributed by atoms with Crippen LogP contribution in [-0.2, 0) is 11.3 Å².